The van der Waals surface area contributed by atoms with Crippen molar-refractivity contribution in [3.63, 3.8) is 0 Å². The lowest BCUT2D eigenvalue weighted by atomic mass is 10.1. The Kier molecular flexibility index (Phi) is 3.92. The summed E-state index contributed by atoms with van der Waals surface area (Å²) in [6, 6.07) is 0. The maximum Gasteiger partial charge on any atom is 0.574 e. The molecule has 0 saturated carbocycles. The number of hydrogen-bond donors (Lipinski definition) is 0. The molecule has 1 aromatic heterocycles. The van der Waals surface area contributed by atoms with Gasteiger partial charge in [0.1, 0.15) is 0 Å². The van der Waals surface area contributed by atoms with Crippen molar-refractivity contribution in [2.75, 3.05) is 0 Å². The van der Waals surface area contributed by atoms with E-state index in [1.807, 2.05) is 0 Å². The lowest BCUT2D eigenvalue weighted by Crippen LogP contribution is -2.20. The fourth-order valence-electron chi connectivity index (χ4n) is 1.33. The third kappa shape index (κ3) is 3.67. The molecule has 0 N–H and O–H groups in total. The van der Waals surface area contributed by atoms with Crippen molar-refractivity contribution in [1.29, 1.82) is 0 Å². The largest absolute Gasteiger partial charge is 0.574 e. The minimum Gasteiger partial charge on any atom is -0.388 e. The number of pyridine rings is 1. The molecule has 0 aliphatic carbocycles. The Morgan fingerprint density at radius 2 is 1.63 bits per heavy atom. The molecule has 1 aromatic rings. The second kappa shape index (κ2) is 4.82. The minimum atomic E-state index is -5.24. The van der Waals surface area contributed by atoms with Gasteiger partial charge in [-0.3, -0.25) is 0 Å². The van der Waals surface area contributed by atoms with Crippen molar-refractivity contribution in [1.82, 2.24) is 4.98 Å². The number of halogens is 8. The Balaban J connectivity index is 3.40. The Morgan fingerprint density at radius 3 is 2.00 bits per heavy atom. The zero-order valence-corrected chi connectivity index (χ0v) is 9.03. The molecular weight excluding hydrogens is 290 g/mol. The molecule has 0 spiro atoms. The number of aromatic nitrogens is 1. The van der Waals surface area contributed by atoms with Gasteiger partial charge in [0.15, 0.2) is 0 Å². The van der Waals surface area contributed by atoms with Crippen LogP contribution in [0.3, 0.4) is 0 Å². The summed E-state index contributed by atoms with van der Waals surface area (Å²) in [5.74, 6) is -1.34. The first-order chi connectivity index (χ1) is 8.43. The van der Waals surface area contributed by atoms with E-state index in [4.69, 9.17) is 0 Å². The monoisotopic (exact) mass is 295 g/mol. The van der Waals surface area contributed by atoms with Crippen LogP contribution in [0.1, 0.15) is 23.1 Å². The summed E-state index contributed by atoms with van der Waals surface area (Å²) >= 11 is 0. The molecule has 108 valence electrons. The Labute approximate surface area is 101 Å². The van der Waals surface area contributed by atoms with Gasteiger partial charge in [0, 0.05) is 17.3 Å². The normalized spacial score (nSPS) is 12.9. The third-order valence-electron chi connectivity index (χ3n) is 2.06. The van der Waals surface area contributed by atoms with Gasteiger partial charge in [0.25, 0.3) is 6.43 Å². The van der Waals surface area contributed by atoms with E-state index >= 15 is 0 Å². The fraction of sp³-hybridized carbons (Fsp3) is 0.444. The van der Waals surface area contributed by atoms with Crippen LogP contribution in [0, 0.1) is 6.92 Å². The van der Waals surface area contributed by atoms with Gasteiger partial charge in [-0.2, -0.15) is 13.2 Å². The Bertz CT molecular complexity index is 465. The van der Waals surface area contributed by atoms with Gasteiger partial charge in [-0.15, -0.1) is 13.2 Å². The van der Waals surface area contributed by atoms with E-state index < -0.39 is 41.5 Å². The molecular formula is C9H5F8NO. The van der Waals surface area contributed by atoms with Gasteiger partial charge >= 0.3 is 12.5 Å². The zero-order chi connectivity index (χ0) is 15.0. The Hall–Kier alpha value is -1.61. The summed E-state index contributed by atoms with van der Waals surface area (Å²) in [6.45, 7) is 0.644. The van der Waals surface area contributed by atoms with Crippen LogP contribution in [0.5, 0.6) is 5.88 Å². The smallest absolute Gasteiger partial charge is 0.388 e. The average Bonchev–Trinajstić information content (AvgIpc) is 2.16. The number of nitrogens with zero attached hydrogens (tertiary/aromatic N) is 1. The van der Waals surface area contributed by atoms with Crippen LogP contribution >= 0.6 is 0 Å². The molecule has 1 heterocycles. The second-order valence-corrected chi connectivity index (χ2v) is 3.36. The van der Waals surface area contributed by atoms with Crippen molar-refractivity contribution in [2.45, 2.75) is 25.9 Å². The topological polar surface area (TPSA) is 22.1 Å². The summed E-state index contributed by atoms with van der Waals surface area (Å²) in [4.78, 5) is 2.78. The van der Waals surface area contributed by atoms with Crippen LogP contribution in [0.15, 0.2) is 6.20 Å². The highest BCUT2D eigenvalue weighted by atomic mass is 19.4. The number of rotatable bonds is 2. The minimum absolute atomic E-state index is 0.116. The van der Waals surface area contributed by atoms with Crippen LogP contribution < -0.4 is 4.74 Å². The Morgan fingerprint density at radius 1 is 1.11 bits per heavy atom. The van der Waals surface area contributed by atoms with Gasteiger partial charge in [0.05, 0.1) is 5.56 Å². The average molecular weight is 295 g/mol. The summed E-state index contributed by atoms with van der Waals surface area (Å²) in [6.07, 6.45) is -14.1. The summed E-state index contributed by atoms with van der Waals surface area (Å²) in [5.41, 5.74) is -4.39. The summed E-state index contributed by atoms with van der Waals surface area (Å²) < 4.78 is 101. The van der Waals surface area contributed by atoms with E-state index in [1.165, 1.54) is 0 Å². The summed E-state index contributed by atoms with van der Waals surface area (Å²) in [7, 11) is 0. The molecule has 0 aromatic carbocycles. The first-order valence-corrected chi connectivity index (χ1v) is 4.54. The van der Waals surface area contributed by atoms with E-state index in [0.29, 0.717) is 6.92 Å². The molecule has 0 unspecified atom stereocenters. The van der Waals surface area contributed by atoms with Gasteiger partial charge in [0.2, 0.25) is 5.88 Å². The first-order valence-electron chi connectivity index (χ1n) is 4.54. The van der Waals surface area contributed by atoms with Crippen molar-refractivity contribution in [2.24, 2.45) is 0 Å². The molecule has 1 rings (SSSR count). The fourth-order valence-corrected chi connectivity index (χ4v) is 1.33. The third-order valence-corrected chi connectivity index (χ3v) is 2.06. The van der Waals surface area contributed by atoms with Gasteiger partial charge in [-0.1, -0.05) is 0 Å². The molecule has 0 atom stereocenters. The van der Waals surface area contributed by atoms with Crippen LogP contribution in [-0.2, 0) is 6.18 Å². The SMILES string of the molecule is Cc1c(OC(F)(F)F)ncc(C(F)(F)F)c1C(F)F. The molecule has 10 heteroatoms. The molecule has 0 amide bonds. The van der Waals surface area contributed by atoms with Gasteiger partial charge in [-0.25, -0.2) is 13.8 Å². The maximum atomic E-state index is 12.6. The molecule has 0 aliphatic rings. The zero-order valence-electron chi connectivity index (χ0n) is 9.03. The van der Waals surface area contributed by atoms with E-state index in [1.54, 1.807) is 0 Å². The molecule has 0 fully saturated rings. The number of ether oxygens (including phenoxy) is 1. The molecule has 0 bridgehead atoms. The van der Waals surface area contributed by atoms with E-state index in [2.05, 4.69) is 9.72 Å². The van der Waals surface area contributed by atoms with Crippen LogP contribution in [-0.4, -0.2) is 11.3 Å². The quantitative estimate of drug-likeness (QED) is 0.761. The van der Waals surface area contributed by atoms with Crippen LogP contribution in [0.2, 0.25) is 0 Å². The predicted molar refractivity (Wildman–Crippen MR) is 45.6 cm³/mol. The van der Waals surface area contributed by atoms with Crippen molar-refractivity contribution in [3.8, 4) is 5.88 Å². The van der Waals surface area contributed by atoms with Gasteiger partial charge < -0.3 is 4.74 Å². The lowest BCUT2D eigenvalue weighted by Gasteiger charge is -2.17. The van der Waals surface area contributed by atoms with Crippen LogP contribution in [0.4, 0.5) is 35.1 Å². The van der Waals surface area contributed by atoms with Crippen LogP contribution in [0.25, 0.3) is 0 Å². The molecule has 19 heavy (non-hydrogen) atoms. The van der Waals surface area contributed by atoms with Crippen molar-refractivity contribution >= 4 is 0 Å². The van der Waals surface area contributed by atoms with Crippen molar-refractivity contribution < 1.29 is 39.9 Å². The highest BCUT2D eigenvalue weighted by Crippen LogP contribution is 2.40. The van der Waals surface area contributed by atoms with E-state index in [-0.39, 0.29) is 6.20 Å². The highest BCUT2D eigenvalue weighted by molar-refractivity contribution is 5.41. The molecule has 0 radical (unpaired) electrons. The molecule has 0 aliphatic heterocycles. The number of alkyl halides is 8. The van der Waals surface area contributed by atoms with Gasteiger partial charge in [-0.05, 0) is 6.92 Å². The van der Waals surface area contributed by atoms with E-state index in [9.17, 15) is 35.1 Å². The number of hydrogen-bond acceptors (Lipinski definition) is 2. The highest BCUT2D eigenvalue weighted by Gasteiger charge is 2.40. The lowest BCUT2D eigenvalue weighted by molar-refractivity contribution is -0.276. The predicted octanol–water partition coefficient (Wildman–Crippen LogP) is 4.25. The first kappa shape index (κ1) is 15.4. The second-order valence-electron chi connectivity index (χ2n) is 3.36. The molecule has 0 saturated heterocycles. The summed E-state index contributed by atoms with van der Waals surface area (Å²) in [5, 5.41) is 0. The standard InChI is InChI=1S/C9H5F8NO/c1-3-5(6(10)11)4(8(12,13)14)2-18-7(3)19-9(15,16)17/h2,6H,1H3. The maximum absolute atomic E-state index is 12.6. The molecule has 2 nitrogen and oxygen atoms in total. The van der Waals surface area contributed by atoms with E-state index in [0.717, 1.165) is 0 Å². The van der Waals surface area contributed by atoms with Crippen molar-refractivity contribution in [3.05, 3.63) is 22.9 Å².